The maximum Gasteiger partial charge on any atom is 0.188 e. The molecule has 0 fully saturated rings. The molecule has 2 rings (SSSR count). The van der Waals surface area contributed by atoms with Crippen molar-refractivity contribution >= 4 is 28.8 Å². The van der Waals surface area contributed by atoms with Gasteiger partial charge >= 0.3 is 0 Å². The standard InChI is InChI=1S/C16H16ClN3O/c1-20(2)14-6-4-13(5-7-14)18-10-9-15(21)12-3-8-16(17)19-11-12/h3-11,18H,1-2H3. The Morgan fingerprint density at radius 1 is 1.19 bits per heavy atom. The van der Waals surface area contributed by atoms with Crippen molar-refractivity contribution in [3.8, 4) is 0 Å². The van der Waals surface area contributed by atoms with E-state index in [0.717, 1.165) is 11.4 Å². The molecule has 0 spiro atoms. The zero-order chi connectivity index (χ0) is 15.2. The number of nitrogens with one attached hydrogen (secondary N) is 1. The SMILES string of the molecule is CN(C)c1ccc(NC=CC(=O)c2ccc(Cl)nc2)cc1. The van der Waals surface area contributed by atoms with Gasteiger partial charge in [-0.05, 0) is 36.4 Å². The number of halogens is 1. The Morgan fingerprint density at radius 3 is 2.48 bits per heavy atom. The molecular formula is C16H16ClN3O. The monoisotopic (exact) mass is 301 g/mol. The van der Waals surface area contributed by atoms with Crippen molar-refractivity contribution in [3.05, 3.63) is 65.6 Å². The van der Waals surface area contributed by atoms with Crippen LogP contribution in [0.5, 0.6) is 0 Å². The van der Waals surface area contributed by atoms with Crippen LogP contribution in [0.1, 0.15) is 10.4 Å². The van der Waals surface area contributed by atoms with Crippen molar-refractivity contribution in [2.45, 2.75) is 0 Å². The van der Waals surface area contributed by atoms with Crippen LogP contribution < -0.4 is 10.2 Å². The summed E-state index contributed by atoms with van der Waals surface area (Å²) >= 11 is 5.68. The van der Waals surface area contributed by atoms with E-state index in [0.29, 0.717) is 10.7 Å². The molecule has 1 N–H and O–H groups in total. The van der Waals surface area contributed by atoms with Gasteiger partial charge in [0.15, 0.2) is 5.78 Å². The predicted molar refractivity (Wildman–Crippen MR) is 87.1 cm³/mol. The van der Waals surface area contributed by atoms with E-state index in [1.165, 1.54) is 12.3 Å². The summed E-state index contributed by atoms with van der Waals surface area (Å²) in [5.41, 5.74) is 2.53. The average Bonchev–Trinajstić information content (AvgIpc) is 2.48. The largest absolute Gasteiger partial charge is 0.378 e. The first kappa shape index (κ1) is 15.1. The van der Waals surface area contributed by atoms with Gasteiger partial charge in [-0.1, -0.05) is 11.6 Å². The highest BCUT2D eigenvalue weighted by Gasteiger charge is 2.01. The predicted octanol–water partition coefficient (Wildman–Crippen LogP) is 3.61. The normalized spacial score (nSPS) is 10.6. The number of anilines is 2. The number of pyridine rings is 1. The third kappa shape index (κ3) is 4.33. The van der Waals surface area contributed by atoms with E-state index < -0.39 is 0 Å². The third-order valence-corrected chi connectivity index (χ3v) is 3.10. The molecule has 1 aromatic heterocycles. The van der Waals surface area contributed by atoms with Gasteiger partial charge in [0.25, 0.3) is 0 Å². The number of aromatic nitrogens is 1. The first-order valence-electron chi connectivity index (χ1n) is 6.42. The molecule has 0 unspecified atom stereocenters. The highest BCUT2D eigenvalue weighted by atomic mass is 35.5. The number of nitrogens with zero attached hydrogens (tertiary/aromatic N) is 2. The highest BCUT2D eigenvalue weighted by Crippen LogP contribution is 2.15. The minimum absolute atomic E-state index is 0.128. The first-order valence-corrected chi connectivity index (χ1v) is 6.80. The number of hydrogen-bond donors (Lipinski definition) is 1. The van der Waals surface area contributed by atoms with Crippen LogP contribution in [0.2, 0.25) is 5.15 Å². The molecule has 0 aliphatic heterocycles. The van der Waals surface area contributed by atoms with E-state index in [1.54, 1.807) is 18.3 Å². The maximum atomic E-state index is 11.9. The molecule has 0 aliphatic carbocycles. The topological polar surface area (TPSA) is 45.2 Å². The molecule has 0 amide bonds. The van der Waals surface area contributed by atoms with Gasteiger partial charge in [0, 0.05) is 49.5 Å². The molecular weight excluding hydrogens is 286 g/mol. The van der Waals surface area contributed by atoms with Gasteiger partial charge in [0.05, 0.1) is 0 Å². The van der Waals surface area contributed by atoms with Crippen molar-refractivity contribution in [2.75, 3.05) is 24.3 Å². The minimum Gasteiger partial charge on any atom is -0.378 e. The third-order valence-electron chi connectivity index (χ3n) is 2.88. The van der Waals surface area contributed by atoms with Crippen LogP contribution in [0, 0.1) is 0 Å². The summed E-state index contributed by atoms with van der Waals surface area (Å²) in [6.45, 7) is 0. The van der Waals surface area contributed by atoms with Gasteiger partial charge < -0.3 is 10.2 Å². The van der Waals surface area contributed by atoms with E-state index in [4.69, 9.17) is 11.6 Å². The number of carbonyl (C=O) groups is 1. The van der Waals surface area contributed by atoms with Gasteiger partial charge in [-0.3, -0.25) is 4.79 Å². The summed E-state index contributed by atoms with van der Waals surface area (Å²) in [7, 11) is 3.97. The van der Waals surface area contributed by atoms with Crippen LogP contribution in [-0.2, 0) is 0 Å². The first-order chi connectivity index (χ1) is 10.1. The number of rotatable bonds is 5. The lowest BCUT2D eigenvalue weighted by Gasteiger charge is -2.12. The second-order valence-corrected chi connectivity index (χ2v) is 5.04. The lowest BCUT2D eigenvalue weighted by molar-refractivity contribution is 0.104. The Balaban J connectivity index is 1.95. The smallest absolute Gasteiger partial charge is 0.188 e. The summed E-state index contributed by atoms with van der Waals surface area (Å²) in [4.78, 5) is 17.8. The Hall–Kier alpha value is -2.33. The Morgan fingerprint density at radius 2 is 1.90 bits per heavy atom. The molecule has 0 saturated carbocycles. The van der Waals surface area contributed by atoms with E-state index in [2.05, 4.69) is 10.3 Å². The summed E-state index contributed by atoms with van der Waals surface area (Å²) in [5.74, 6) is -0.128. The molecule has 108 valence electrons. The highest BCUT2D eigenvalue weighted by molar-refractivity contribution is 6.29. The van der Waals surface area contributed by atoms with Crippen LogP contribution >= 0.6 is 11.6 Å². The fourth-order valence-corrected chi connectivity index (χ4v) is 1.80. The lowest BCUT2D eigenvalue weighted by atomic mass is 10.2. The van der Waals surface area contributed by atoms with Gasteiger partial charge in [-0.25, -0.2) is 4.98 Å². The molecule has 0 radical (unpaired) electrons. The molecule has 5 heteroatoms. The van der Waals surface area contributed by atoms with E-state index in [9.17, 15) is 4.79 Å². The molecule has 1 heterocycles. The fourth-order valence-electron chi connectivity index (χ4n) is 1.69. The average molecular weight is 302 g/mol. The summed E-state index contributed by atoms with van der Waals surface area (Å²) in [6.07, 6.45) is 4.53. The molecule has 0 bridgehead atoms. The maximum absolute atomic E-state index is 11.9. The van der Waals surface area contributed by atoms with Crippen molar-refractivity contribution in [2.24, 2.45) is 0 Å². The van der Waals surface area contributed by atoms with Crippen molar-refractivity contribution in [3.63, 3.8) is 0 Å². The fraction of sp³-hybridized carbons (Fsp3) is 0.125. The van der Waals surface area contributed by atoms with Gasteiger partial charge in [0.2, 0.25) is 0 Å². The van der Waals surface area contributed by atoms with Crippen LogP contribution in [0.3, 0.4) is 0 Å². The number of allylic oxidation sites excluding steroid dienone is 1. The molecule has 21 heavy (non-hydrogen) atoms. The Labute approximate surface area is 129 Å². The number of ketones is 1. The zero-order valence-electron chi connectivity index (χ0n) is 11.9. The number of carbonyl (C=O) groups excluding carboxylic acids is 1. The second-order valence-electron chi connectivity index (χ2n) is 4.65. The Kier molecular flexibility index (Phi) is 4.95. The Bertz CT molecular complexity index is 634. The zero-order valence-corrected chi connectivity index (χ0v) is 12.6. The van der Waals surface area contributed by atoms with Crippen LogP contribution in [0.4, 0.5) is 11.4 Å². The quantitative estimate of drug-likeness (QED) is 0.520. The van der Waals surface area contributed by atoms with E-state index in [1.807, 2.05) is 43.3 Å². The van der Waals surface area contributed by atoms with Crippen LogP contribution in [0.25, 0.3) is 0 Å². The van der Waals surface area contributed by atoms with Gasteiger partial charge in [-0.2, -0.15) is 0 Å². The summed E-state index contributed by atoms with van der Waals surface area (Å²) in [6, 6.07) is 11.1. The van der Waals surface area contributed by atoms with Crippen LogP contribution in [0.15, 0.2) is 54.9 Å². The second kappa shape index (κ2) is 6.90. The minimum atomic E-state index is -0.128. The summed E-state index contributed by atoms with van der Waals surface area (Å²) in [5, 5.41) is 3.43. The molecule has 1 aromatic carbocycles. The molecule has 0 atom stereocenters. The van der Waals surface area contributed by atoms with Gasteiger partial charge in [0.1, 0.15) is 5.15 Å². The molecule has 0 saturated heterocycles. The van der Waals surface area contributed by atoms with E-state index in [-0.39, 0.29) is 5.78 Å². The lowest BCUT2D eigenvalue weighted by Crippen LogP contribution is -2.08. The number of benzene rings is 1. The van der Waals surface area contributed by atoms with Crippen molar-refractivity contribution in [1.29, 1.82) is 0 Å². The number of hydrogen-bond acceptors (Lipinski definition) is 4. The van der Waals surface area contributed by atoms with Gasteiger partial charge in [-0.15, -0.1) is 0 Å². The molecule has 2 aromatic rings. The van der Waals surface area contributed by atoms with E-state index >= 15 is 0 Å². The molecule has 4 nitrogen and oxygen atoms in total. The van der Waals surface area contributed by atoms with Crippen molar-refractivity contribution < 1.29 is 4.79 Å². The molecule has 0 aliphatic rings. The summed E-state index contributed by atoms with van der Waals surface area (Å²) < 4.78 is 0. The van der Waals surface area contributed by atoms with Crippen molar-refractivity contribution in [1.82, 2.24) is 4.98 Å². The van der Waals surface area contributed by atoms with Crippen LogP contribution in [-0.4, -0.2) is 24.9 Å².